The van der Waals surface area contributed by atoms with E-state index in [4.69, 9.17) is 0 Å². The van der Waals surface area contributed by atoms with Gasteiger partial charge in [0.05, 0.1) is 31.1 Å². The van der Waals surface area contributed by atoms with Crippen molar-refractivity contribution >= 4 is 10.0 Å². The topological polar surface area (TPSA) is 41.8 Å². The summed E-state index contributed by atoms with van der Waals surface area (Å²) in [6.07, 6.45) is 3.22. The van der Waals surface area contributed by atoms with E-state index in [0.29, 0.717) is 24.0 Å². The smallest absolute Gasteiger partial charge is 0.243 e. The van der Waals surface area contributed by atoms with Gasteiger partial charge < -0.3 is 4.90 Å². The molecule has 0 unspecified atom stereocenters. The van der Waals surface area contributed by atoms with Gasteiger partial charge in [-0.05, 0) is 49.4 Å². The van der Waals surface area contributed by atoms with E-state index in [9.17, 15) is 8.42 Å². The van der Waals surface area contributed by atoms with Crippen LogP contribution in [0.2, 0.25) is 0 Å². The summed E-state index contributed by atoms with van der Waals surface area (Å²) >= 11 is 0. The first-order chi connectivity index (χ1) is 12.6. The normalized spacial score (nSPS) is 20.0. The van der Waals surface area contributed by atoms with Crippen molar-refractivity contribution in [2.24, 2.45) is 0 Å². The van der Waals surface area contributed by atoms with E-state index in [-0.39, 0.29) is 0 Å². The molecule has 1 atom stereocenters. The summed E-state index contributed by atoms with van der Waals surface area (Å²) in [5.41, 5.74) is 3.85. The molecule has 2 aromatic rings. The monoisotopic (exact) mass is 371 g/mol. The standard InChI is InChI=1S/C21H26N2O2S/c1-17(18-6-3-2-4-7-18)22-12-14-23(15-13-22)26(24,25)21-11-10-19-8-5-9-20(19)16-21/h2-4,6-7,10-11,16-17H,5,8-9,12-15H2,1H3/p+1/t17-/m0/s1. The van der Waals surface area contributed by atoms with Gasteiger partial charge in [-0.25, -0.2) is 8.42 Å². The number of hydrogen-bond donors (Lipinski definition) is 1. The van der Waals surface area contributed by atoms with Gasteiger partial charge in [-0.1, -0.05) is 36.4 Å². The highest BCUT2D eigenvalue weighted by Crippen LogP contribution is 2.26. The van der Waals surface area contributed by atoms with Gasteiger partial charge in [0.15, 0.2) is 0 Å². The fourth-order valence-electron chi connectivity index (χ4n) is 4.28. The Morgan fingerprint density at radius 1 is 0.962 bits per heavy atom. The first-order valence-corrected chi connectivity index (χ1v) is 11.0. The Hall–Kier alpha value is -1.69. The van der Waals surface area contributed by atoms with Gasteiger partial charge in [0.25, 0.3) is 0 Å². The van der Waals surface area contributed by atoms with Crippen molar-refractivity contribution in [3.63, 3.8) is 0 Å². The highest BCUT2D eigenvalue weighted by molar-refractivity contribution is 7.89. The highest BCUT2D eigenvalue weighted by atomic mass is 32.2. The minimum absolute atomic E-state index is 0.390. The Bertz CT molecular complexity index is 872. The summed E-state index contributed by atoms with van der Waals surface area (Å²) in [5.74, 6) is 0. The van der Waals surface area contributed by atoms with Crippen molar-refractivity contribution in [1.29, 1.82) is 0 Å². The Kier molecular flexibility index (Phi) is 4.86. The molecule has 4 rings (SSSR count). The number of sulfonamides is 1. The number of hydrogen-bond acceptors (Lipinski definition) is 2. The number of nitrogens with zero attached hydrogens (tertiary/aromatic N) is 1. The van der Waals surface area contributed by atoms with Crippen LogP contribution in [0, 0.1) is 0 Å². The molecule has 2 aromatic carbocycles. The summed E-state index contributed by atoms with van der Waals surface area (Å²) in [5, 5.41) is 0. The predicted octanol–water partition coefficient (Wildman–Crippen LogP) is 1.83. The summed E-state index contributed by atoms with van der Waals surface area (Å²) in [4.78, 5) is 1.93. The maximum absolute atomic E-state index is 13.1. The van der Waals surface area contributed by atoms with E-state index in [1.165, 1.54) is 21.6 Å². The SMILES string of the molecule is C[C@@H](c1ccccc1)[NH+]1CCN(S(=O)(=O)c2ccc3c(c2)CCC3)CC1. The van der Waals surface area contributed by atoms with Crippen LogP contribution >= 0.6 is 0 Å². The lowest BCUT2D eigenvalue weighted by Crippen LogP contribution is -3.14. The van der Waals surface area contributed by atoms with Crippen molar-refractivity contribution in [3.8, 4) is 0 Å². The molecule has 1 fully saturated rings. The van der Waals surface area contributed by atoms with Gasteiger partial charge in [-0.3, -0.25) is 0 Å². The van der Waals surface area contributed by atoms with Crippen LogP contribution in [-0.4, -0.2) is 38.9 Å². The van der Waals surface area contributed by atoms with Crippen LogP contribution in [0.25, 0.3) is 0 Å². The zero-order valence-electron chi connectivity index (χ0n) is 15.3. The average molecular weight is 372 g/mol. The fourth-order valence-corrected chi connectivity index (χ4v) is 5.77. The molecular formula is C21H27N2O2S+. The second kappa shape index (κ2) is 7.14. The molecule has 1 N–H and O–H groups in total. The van der Waals surface area contributed by atoms with Crippen molar-refractivity contribution in [1.82, 2.24) is 4.31 Å². The molecule has 2 aliphatic rings. The lowest BCUT2D eigenvalue weighted by molar-refractivity contribution is -0.933. The molecule has 0 amide bonds. The third-order valence-corrected chi connectivity index (χ3v) is 7.88. The molecule has 0 saturated carbocycles. The zero-order chi connectivity index (χ0) is 18.1. The van der Waals surface area contributed by atoms with E-state index < -0.39 is 10.0 Å². The molecule has 4 nitrogen and oxygen atoms in total. The number of fused-ring (bicyclic) bond motifs is 1. The number of quaternary nitrogens is 1. The van der Waals surface area contributed by atoms with E-state index in [0.717, 1.165) is 32.4 Å². The molecule has 0 aromatic heterocycles. The van der Waals surface area contributed by atoms with Crippen molar-refractivity contribution < 1.29 is 13.3 Å². The largest absolute Gasteiger partial charge is 0.327 e. The lowest BCUT2D eigenvalue weighted by Gasteiger charge is -2.35. The quantitative estimate of drug-likeness (QED) is 0.891. The maximum atomic E-state index is 13.1. The van der Waals surface area contributed by atoms with E-state index in [2.05, 4.69) is 31.2 Å². The third-order valence-electron chi connectivity index (χ3n) is 5.98. The number of aryl methyl sites for hydroxylation is 2. The van der Waals surface area contributed by atoms with Crippen molar-refractivity contribution in [2.75, 3.05) is 26.2 Å². The van der Waals surface area contributed by atoms with Crippen LogP contribution in [0.3, 0.4) is 0 Å². The number of rotatable bonds is 4. The molecule has 1 saturated heterocycles. The molecule has 1 aliphatic heterocycles. The van der Waals surface area contributed by atoms with Gasteiger partial charge >= 0.3 is 0 Å². The zero-order valence-corrected chi connectivity index (χ0v) is 16.1. The molecule has 5 heteroatoms. The summed E-state index contributed by atoms with van der Waals surface area (Å²) in [6.45, 7) is 5.10. The molecule has 138 valence electrons. The molecule has 1 aliphatic carbocycles. The second-order valence-electron chi connectivity index (χ2n) is 7.48. The Morgan fingerprint density at radius 3 is 2.38 bits per heavy atom. The average Bonchev–Trinajstić information content (AvgIpc) is 3.16. The highest BCUT2D eigenvalue weighted by Gasteiger charge is 2.33. The van der Waals surface area contributed by atoms with Gasteiger partial charge in [0.2, 0.25) is 10.0 Å². The molecule has 26 heavy (non-hydrogen) atoms. The first kappa shape index (κ1) is 17.7. The van der Waals surface area contributed by atoms with Crippen LogP contribution in [-0.2, 0) is 22.9 Å². The fraction of sp³-hybridized carbons (Fsp3) is 0.429. The molecule has 0 radical (unpaired) electrons. The van der Waals surface area contributed by atoms with Gasteiger partial charge in [-0.2, -0.15) is 4.31 Å². The minimum atomic E-state index is -3.38. The Morgan fingerprint density at radius 2 is 1.65 bits per heavy atom. The first-order valence-electron chi connectivity index (χ1n) is 9.57. The number of piperazine rings is 1. The van der Waals surface area contributed by atoms with Crippen LogP contribution in [0.5, 0.6) is 0 Å². The Balaban J connectivity index is 1.45. The van der Waals surface area contributed by atoms with Gasteiger partial charge in [-0.15, -0.1) is 0 Å². The maximum Gasteiger partial charge on any atom is 0.243 e. The lowest BCUT2D eigenvalue weighted by atomic mass is 10.1. The third kappa shape index (κ3) is 3.31. The van der Waals surface area contributed by atoms with E-state index >= 15 is 0 Å². The predicted molar refractivity (Wildman–Crippen MR) is 103 cm³/mol. The van der Waals surface area contributed by atoms with E-state index in [1.54, 1.807) is 10.4 Å². The minimum Gasteiger partial charge on any atom is -0.327 e. The van der Waals surface area contributed by atoms with Crippen molar-refractivity contribution in [2.45, 2.75) is 37.1 Å². The van der Waals surface area contributed by atoms with Crippen molar-refractivity contribution in [3.05, 3.63) is 65.2 Å². The molecular weight excluding hydrogens is 344 g/mol. The van der Waals surface area contributed by atoms with Crippen LogP contribution in [0.4, 0.5) is 0 Å². The van der Waals surface area contributed by atoms with Crippen LogP contribution in [0.15, 0.2) is 53.4 Å². The number of benzene rings is 2. The van der Waals surface area contributed by atoms with Crippen LogP contribution in [0.1, 0.15) is 36.1 Å². The van der Waals surface area contributed by atoms with E-state index in [1.807, 2.05) is 18.2 Å². The second-order valence-corrected chi connectivity index (χ2v) is 9.42. The molecule has 0 spiro atoms. The summed E-state index contributed by atoms with van der Waals surface area (Å²) in [6, 6.07) is 16.6. The number of nitrogens with one attached hydrogen (secondary N) is 1. The molecule has 1 heterocycles. The summed E-state index contributed by atoms with van der Waals surface area (Å²) < 4.78 is 27.8. The van der Waals surface area contributed by atoms with Gasteiger partial charge in [0, 0.05) is 5.56 Å². The Labute approximate surface area is 156 Å². The van der Waals surface area contributed by atoms with Gasteiger partial charge in [0.1, 0.15) is 6.04 Å². The van der Waals surface area contributed by atoms with Crippen LogP contribution < -0.4 is 4.90 Å². The summed E-state index contributed by atoms with van der Waals surface area (Å²) in [7, 11) is -3.38. The molecule has 0 bridgehead atoms.